The summed E-state index contributed by atoms with van der Waals surface area (Å²) in [6.45, 7) is 0.0476. The van der Waals surface area contributed by atoms with Gasteiger partial charge in [0.05, 0.1) is 6.20 Å². The number of likely N-dealkylation sites (N-methyl/N-ethyl adjacent to an activating group) is 1. The van der Waals surface area contributed by atoms with Gasteiger partial charge in [0.2, 0.25) is 5.91 Å². The topological polar surface area (TPSA) is 59.0 Å². The van der Waals surface area contributed by atoms with Crippen molar-refractivity contribution in [1.82, 2.24) is 20.4 Å². The maximum absolute atomic E-state index is 13.1. The van der Waals surface area contributed by atoms with Crippen LogP contribution < -0.4 is 10.6 Å². The molecule has 0 spiro atoms. The van der Waals surface area contributed by atoms with Gasteiger partial charge in [0, 0.05) is 31.4 Å². The fraction of sp³-hybridized carbons (Fsp3) is 0.286. The SMILES string of the molecule is CNC(C(=O)NCc1cc(F)cc(F)c1)c1cnn(C)c1. The molecule has 1 atom stereocenters. The van der Waals surface area contributed by atoms with E-state index >= 15 is 0 Å². The smallest absolute Gasteiger partial charge is 0.242 e. The number of hydrogen-bond acceptors (Lipinski definition) is 3. The summed E-state index contributed by atoms with van der Waals surface area (Å²) in [7, 11) is 3.41. The van der Waals surface area contributed by atoms with E-state index in [1.165, 1.54) is 12.1 Å². The number of carbonyl (C=O) groups excluding carboxylic acids is 1. The predicted molar refractivity (Wildman–Crippen MR) is 73.2 cm³/mol. The van der Waals surface area contributed by atoms with Crippen LogP contribution in [0.25, 0.3) is 0 Å². The van der Waals surface area contributed by atoms with Gasteiger partial charge in [-0.2, -0.15) is 5.10 Å². The first kappa shape index (κ1) is 15.1. The van der Waals surface area contributed by atoms with E-state index in [1.807, 2.05) is 0 Å². The first-order valence-electron chi connectivity index (χ1n) is 6.38. The summed E-state index contributed by atoms with van der Waals surface area (Å²) in [5, 5.41) is 9.52. The van der Waals surface area contributed by atoms with E-state index in [1.54, 1.807) is 31.2 Å². The van der Waals surface area contributed by atoms with Crippen molar-refractivity contribution in [3.8, 4) is 0 Å². The van der Waals surface area contributed by atoms with Crippen LogP contribution in [-0.2, 0) is 18.4 Å². The fourth-order valence-corrected chi connectivity index (χ4v) is 2.04. The van der Waals surface area contributed by atoms with Crippen LogP contribution in [0, 0.1) is 11.6 Å². The van der Waals surface area contributed by atoms with Gasteiger partial charge in [-0.05, 0) is 24.7 Å². The number of aromatic nitrogens is 2. The Kier molecular flexibility index (Phi) is 4.64. The van der Waals surface area contributed by atoms with Crippen molar-refractivity contribution < 1.29 is 13.6 Å². The molecule has 1 unspecified atom stereocenters. The zero-order valence-corrected chi connectivity index (χ0v) is 11.7. The van der Waals surface area contributed by atoms with Gasteiger partial charge >= 0.3 is 0 Å². The number of carbonyl (C=O) groups is 1. The molecule has 2 aromatic rings. The van der Waals surface area contributed by atoms with Crippen molar-refractivity contribution in [2.45, 2.75) is 12.6 Å². The van der Waals surface area contributed by atoms with Crippen LogP contribution in [0.5, 0.6) is 0 Å². The Morgan fingerprint density at radius 1 is 1.33 bits per heavy atom. The van der Waals surface area contributed by atoms with Gasteiger partial charge in [-0.25, -0.2) is 8.78 Å². The standard InChI is InChI=1S/C14H16F2N4O/c1-17-13(10-7-19-20(2)8-10)14(21)18-6-9-3-11(15)5-12(16)4-9/h3-5,7-8,13,17H,6H2,1-2H3,(H,18,21). The maximum atomic E-state index is 13.1. The van der Waals surface area contributed by atoms with Gasteiger partial charge in [0.1, 0.15) is 17.7 Å². The lowest BCUT2D eigenvalue weighted by molar-refractivity contribution is -0.123. The van der Waals surface area contributed by atoms with Crippen LogP contribution in [0.3, 0.4) is 0 Å². The van der Waals surface area contributed by atoms with Crippen molar-refractivity contribution >= 4 is 5.91 Å². The molecule has 2 N–H and O–H groups in total. The van der Waals surface area contributed by atoms with Crippen LogP contribution in [0.1, 0.15) is 17.2 Å². The Balaban J connectivity index is 2.03. The largest absolute Gasteiger partial charge is 0.350 e. The highest BCUT2D eigenvalue weighted by atomic mass is 19.1. The molecule has 5 nitrogen and oxygen atoms in total. The number of benzene rings is 1. The first-order chi connectivity index (χ1) is 9.99. The lowest BCUT2D eigenvalue weighted by Gasteiger charge is -2.14. The van der Waals surface area contributed by atoms with Gasteiger partial charge in [-0.3, -0.25) is 9.48 Å². The second kappa shape index (κ2) is 6.45. The summed E-state index contributed by atoms with van der Waals surface area (Å²) in [6, 6.07) is 2.58. The van der Waals surface area contributed by atoms with Crippen molar-refractivity contribution in [1.29, 1.82) is 0 Å². The number of nitrogens with one attached hydrogen (secondary N) is 2. The second-order valence-electron chi connectivity index (χ2n) is 4.66. The predicted octanol–water partition coefficient (Wildman–Crippen LogP) is 1.28. The van der Waals surface area contributed by atoms with E-state index in [9.17, 15) is 13.6 Å². The van der Waals surface area contributed by atoms with Gasteiger partial charge in [-0.1, -0.05) is 0 Å². The van der Waals surface area contributed by atoms with Gasteiger partial charge < -0.3 is 10.6 Å². The zero-order chi connectivity index (χ0) is 15.4. The molecule has 1 heterocycles. The average Bonchev–Trinajstić information content (AvgIpc) is 2.82. The number of hydrogen-bond donors (Lipinski definition) is 2. The third-order valence-corrected chi connectivity index (χ3v) is 3.00. The summed E-state index contributed by atoms with van der Waals surface area (Å²) in [5.41, 5.74) is 1.07. The van der Waals surface area contributed by atoms with Crippen LogP contribution in [0.2, 0.25) is 0 Å². The highest BCUT2D eigenvalue weighted by molar-refractivity contribution is 5.82. The zero-order valence-electron chi connectivity index (χ0n) is 11.7. The highest BCUT2D eigenvalue weighted by Gasteiger charge is 2.19. The second-order valence-corrected chi connectivity index (χ2v) is 4.66. The van der Waals surface area contributed by atoms with E-state index in [2.05, 4.69) is 15.7 Å². The summed E-state index contributed by atoms with van der Waals surface area (Å²) < 4.78 is 27.7. The van der Waals surface area contributed by atoms with Gasteiger partial charge in [-0.15, -0.1) is 0 Å². The van der Waals surface area contributed by atoms with Crippen LogP contribution in [0.15, 0.2) is 30.6 Å². The maximum Gasteiger partial charge on any atom is 0.242 e. The molecule has 0 aliphatic heterocycles. The molecule has 0 fully saturated rings. The van der Waals surface area contributed by atoms with Crippen LogP contribution in [0.4, 0.5) is 8.78 Å². The Hall–Kier alpha value is -2.28. The minimum atomic E-state index is -0.670. The molecular formula is C14H16F2N4O. The van der Waals surface area contributed by atoms with E-state index in [4.69, 9.17) is 0 Å². The van der Waals surface area contributed by atoms with E-state index < -0.39 is 17.7 Å². The normalized spacial score (nSPS) is 12.2. The molecule has 0 aliphatic carbocycles. The Bertz CT molecular complexity index is 621. The number of amides is 1. The average molecular weight is 294 g/mol. The van der Waals surface area contributed by atoms with E-state index in [0.29, 0.717) is 11.1 Å². The molecule has 1 amide bonds. The molecule has 1 aromatic heterocycles. The van der Waals surface area contributed by atoms with Crippen molar-refractivity contribution in [3.05, 3.63) is 53.4 Å². The number of halogens is 2. The quantitative estimate of drug-likeness (QED) is 0.873. The van der Waals surface area contributed by atoms with Crippen LogP contribution in [-0.4, -0.2) is 22.7 Å². The lowest BCUT2D eigenvalue weighted by Crippen LogP contribution is -2.35. The van der Waals surface area contributed by atoms with Crippen molar-refractivity contribution in [3.63, 3.8) is 0 Å². The minimum Gasteiger partial charge on any atom is -0.350 e. The molecule has 0 aliphatic rings. The molecule has 21 heavy (non-hydrogen) atoms. The highest BCUT2D eigenvalue weighted by Crippen LogP contribution is 2.12. The molecule has 0 radical (unpaired) electrons. The molecule has 0 bridgehead atoms. The van der Waals surface area contributed by atoms with Gasteiger partial charge in [0.15, 0.2) is 0 Å². The fourth-order valence-electron chi connectivity index (χ4n) is 2.04. The number of nitrogens with zero attached hydrogens (tertiary/aromatic N) is 2. The Labute approximate surface area is 121 Å². The Morgan fingerprint density at radius 2 is 2.00 bits per heavy atom. The molecule has 2 rings (SSSR count). The molecule has 7 heteroatoms. The van der Waals surface area contributed by atoms with Crippen LogP contribution >= 0.6 is 0 Å². The summed E-state index contributed by atoms with van der Waals surface area (Å²) >= 11 is 0. The minimum absolute atomic E-state index is 0.0476. The summed E-state index contributed by atoms with van der Waals surface area (Å²) in [4.78, 5) is 12.1. The van der Waals surface area contributed by atoms with Crippen molar-refractivity contribution in [2.24, 2.45) is 7.05 Å². The van der Waals surface area contributed by atoms with E-state index in [-0.39, 0.29) is 12.5 Å². The van der Waals surface area contributed by atoms with Crippen molar-refractivity contribution in [2.75, 3.05) is 7.05 Å². The first-order valence-corrected chi connectivity index (χ1v) is 6.38. The summed E-state index contributed by atoms with van der Waals surface area (Å²) in [5.74, 6) is -1.64. The Morgan fingerprint density at radius 3 is 2.52 bits per heavy atom. The third-order valence-electron chi connectivity index (χ3n) is 3.00. The van der Waals surface area contributed by atoms with E-state index in [0.717, 1.165) is 6.07 Å². The third kappa shape index (κ3) is 3.85. The summed E-state index contributed by atoms with van der Waals surface area (Å²) in [6.07, 6.45) is 3.31. The molecule has 0 saturated carbocycles. The number of rotatable bonds is 5. The number of aryl methyl sites for hydroxylation is 1. The lowest BCUT2D eigenvalue weighted by atomic mass is 10.1. The molecule has 1 aromatic carbocycles. The van der Waals surface area contributed by atoms with Gasteiger partial charge in [0.25, 0.3) is 0 Å². The molecule has 0 saturated heterocycles. The molecular weight excluding hydrogens is 278 g/mol. The molecule has 112 valence electrons. The monoisotopic (exact) mass is 294 g/mol.